The molecule has 1 aliphatic heterocycles. The lowest BCUT2D eigenvalue weighted by Crippen LogP contribution is -2.28. The fourth-order valence-electron chi connectivity index (χ4n) is 1.60. The van der Waals surface area contributed by atoms with Gasteiger partial charge in [-0.3, -0.25) is 0 Å². The van der Waals surface area contributed by atoms with E-state index >= 15 is 0 Å². The second-order valence-corrected chi connectivity index (χ2v) is 3.95. The Labute approximate surface area is 74.6 Å². The first-order chi connectivity index (χ1) is 5.53. The van der Waals surface area contributed by atoms with E-state index in [1.54, 1.807) is 0 Å². The average Bonchev–Trinajstić information content (AvgIpc) is 1.82. The predicted octanol–water partition coefficient (Wildman–Crippen LogP) is 2.70. The minimum absolute atomic E-state index is 0.0463. The van der Waals surface area contributed by atoms with Crippen LogP contribution in [0, 0.1) is 5.41 Å². The van der Waals surface area contributed by atoms with E-state index in [0.29, 0.717) is 6.61 Å². The van der Waals surface area contributed by atoms with Gasteiger partial charge in [0, 0.05) is 13.0 Å². The topological polar surface area (TPSA) is 18.5 Å². The molecule has 1 aliphatic rings. The number of ether oxygens (including phenoxy) is 2. The van der Waals surface area contributed by atoms with Crippen LogP contribution >= 0.6 is 0 Å². The molecule has 0 spiro atoms. The summed E-state index contributed by atoms with van der Waals surface area (Å²) in [5.41, 5.74) is 0.210. The van der Waals surface area contributed by atoms with Crippen LogP contribution in [-0.4, -0.2) is 12.9 Å². The molecule has 0 aliphatic carbocycles. The molecule has 12 heavy (non-hydrogen) atoms. The van der Waals surface area contributed by atoms with Gasteiger partial charge < -0.3 is 9.47 Å². The lowest BCUT2D eigenvalue weighted by atomic mass is 9.87. The summed E-state index contributed by atoms with van der Waals surface area (Å²) >= 11 is 0. The molecule has 0 saturated carbocycles. The lowest BCUT2D eigenvalue weighted by molar-refractivity contribution is -0.137. The van der Waals surface area contributed by atoms with Crippen molar-refractivity contribution in [2.45, 2.75) is 40.4 Å². The molecule has 0 amide bonds. The molecule has 0 radical (unpaired) electrons. The molecule has 1 atom stereocenters. The molecule has 0 N–H and O–H groups in total. The zero-order valence-corrected chi connectivity index (χ0v) is 8.39. The quantitative estimate of drug-likeness (QED) is 0.634. The molecule has 0 saturated heterocycles. The summed E-state index contributed by atoms with van der Waals surface area (Å²) in [5.74, 6) is 0.977. The number of allylic oxidation sites excluding steroid dienone is 2. The standard InChI is InChI=1S/C10H18O2/c1-5-11-9-7-10(3,4)6-8(2)12-9/h6,9H,5,7H2,1-4H3. The van der Waals surface area contributed by atoms with Crippen LogP contribution in [0.2, 0.25) is 0 Å². The van der Waals surface area contributed by atoms with Crippen LogP contribution in [0.15, 0.2) is 11.8 Å². The van der Waals surface area contributed by atoms with Crippen molar-refractivity contribution in [3.05, 3.63) is 11.8 Å². The monoisotopic (exact) mass is 170 g/mol. The molecule has 1 heterocycles. The molecule has 70 valence electrons. The molecule has 0 fully saturated rings. The number of hydrogen-bond acceptors (Lipinski definition) is 2. The van der Waals surface area contributed by atoms with Crippen LogP contribution in [0.3, 0.4) is 0 Å². The van der Waals surface area contributed by atoms with Gasteiger partial charge in [0.25, 0.3) is 0 Å². The summed E-state index contributed by atoms with van der Waals surface area (Å²) in [6, 6.07) is 0. The molecule has 0 aromatic heterocycles. The lowest BCUT2D eigenvalue weighted by Gasteiger charge is -2.32. The third-order valence-corrected chi connectivity index (χ3v) is 1.96. The van der Waals surface area contributed by atoms with E-state index in [0.717, 1.165) is 12.2 Å². The van der Waals surface area contributed by atoms with Gasteiger partial charge >= 0.3 is 0 Å². The smallest absolute Gasteiger partial charge is 0.200 e. The van der Waals surface area contributed by atoms with E-state index < -0.39 is 0 Å². The van der Waals surface area contributed by atoms with E-state index in [1.165, 1.54) is 0 Å². The van der Waals surface area contributed by atoms with Crippen LogP contribution in [0.1, 0.15) is 34.1 Å². The zero-order valence-electron chi connectivity index (χ0n) is 8.39. The fourth-order valence-corrected chi connectivity index (χ4v) is 1.60. The predicted molar refractivity (Wildman–Crippen MR) is 48.7 cm³/mol. The van der Waals surface area contributed by atoms with Crippen molar-refractivity contribution in [3.63, 3.8) is 0 Å². The molecule has 1 rings (SSSR count). The Kier molecular flexibility index (Phi) is 2.78. The summed E-state index contributed by atoms with van der Waals surface area (Å²) in [6.45, 7) is 9.08. The van der Waals surface area contributed by atoms with Crippen molar-refractivity contribution in [2.75, 3.05) is 6.61 Å². The van der Waals surface area contributed by atoms with Crippen molar-refractivity contribution < 1.29 is 9.47 Å². The van der Waals surface area contributed by atoms with Gasteiger partial charge in [-0.2, -0.15) is 0 Å². The molecule has 0 aromatic rings. The van der Waals surface area contributed by atoms with Crippen LogP contribution in [0.5, 0.6) is 0 Å². The summed E-state index contributed by atoms with van der Waals surface area (Å²) in [7, 11) is 0. The summed E-state index contributed by atoms with van der Waals surface area (Å²) in [5, 5.41) is 0. The van der Waals surface area contributed by atoms with Crippen LogP contribution < -0.4 is 0 Å². The van der Waals surface area contributed by atoms with Crippen LogP contribution in [0.4, 0.5) is 0 Å². The van der Waals surface area contributed by atoms with E-state index in [-0.39, 0.29) is 11.7 Å². The molecule has 2 nitrogen and oxygen atoms in total. The van der Waals surface area contributed by atoms with Gasteiger partial charge in [-0.15, -0.1) is 0 Å². The largest absolute Gasteiger partial charge is 0.470 e. The van der Waals surface area contributed by atoms with Gasteiger partial charge in [0.2, 0.25) is 0 Å². The zero-order chi connectivity index (χ0) is 9.19. The highest BCUT2D eigenvalue weighted by Crippen LogP contribution is 2.32. The Hall–Kier alpha value is -0.500. The molecule has 1 unspecified atom stereocenters. The Morgan fingerprint density at radius 3 is 2.83 bits per heavy atom. The van der Waals surface area contributed by atoms with Crippen molar-refractivity contribution in [1.29, 1.82) is 0 Å². The van der Waals surface area contributed by atoms with E-state index in [4.69, 9.17) is 9.47 Å². The molecule has 0 bridgehead atoms. The summed E-state index contributed by atoms with van der Waals surface area (Å²) in [6.07, 6.45) is 3.05. The van der Waals surface area contributed by atoms with Gasteiger partial charge in [0.15, 0.2) is 6.29 Å². The van der Waals surface area contributed by atoms with E-state index in [9.17, 15) is 0 Å². The maximum absolute atomic E-state index is 5.50. The maximum atomic E-state index is 5.50. The highest BCUT2D eigenvalue weighted by molar-refractivity contribution is 5.03. The first-order valence-electron chi connectivity index (χ1n) is 4.51. The SMILES string of the molecule is CCOC1CC(C)(C)C=C(C)O1. The van der Waals surface area contributed by atoms with Crippen molar-refractivity contribution in [3.8, 4) is 0 Å². The van der Waals surface area contributed by atoms with Crippen molar-refractivity contribution >= 4 is 0 Å². The molecular weight excluding hydrogens is 152 g/mol. The average molecular weight is 170 g/mol. The highest BCUT2D eigenvalue weighted by Gasteiger charge is 2.27. The number of rotatable bonds is 2. The molecule has 2 heteroatoms. The van der Waals surface area contributed by atoms with Crippen LogP contribution in [0.25, 0.3) is 0 Å². The molecule has 0 aromatic carbocycles. The second-order valence-electron chi connectivity index (χ2n) is 3.95. The van der Waals surface area contributed by atoms with E-state index in [1.807, 2.05) is 13.8 Å². The van der Waals surface area contributed by atoms with E-state index in [2.05, 4.69) is 19.9 Å². The van der Waals surface area contributed by atoms with Crippen molar-refractivity contribution in [1.82, 2.24) is 0 Å². The van der Waals surface area contributed by atoms with Gasteiger partial charge in [0.1, 0.15) is 0 Å². The van der Waals surface area contributed by atoms with Gasteiger partial charge in [-0.1, -0.05) is 13.8 Å². The molecular formula is C10H18O2. The maximum Gasteiger partial charge on any atom is 0.200 e. The van der Waals surface area contributed by atoms with Gasteiger partial charge in [-0.25, -0.2) is 0 Å². The van der Waals surface area contributed by atoms with Gasteiger partial charge in [-0.05, 0) is 25.3 Å². The Morgan fingerprint density at radius 2 is 2.33 bits per heavy atom. The Balaban J connectivity index is 2.59. The second kappa shape index (κ2) is 3.48. The third-order valence-electron chi connectivity index (χ3n) is 1.96. The Bertz CT molecular complexity index is 182. The summed E-state index contributed by atoms with van der Waals surface area (Å²) in [4.78, 5) is 0. The minimum atomic E-state index is -0.0463. The first kappa shape index (κ1) is 9.59. The number of hydrogen-bond donors (Lipinski definition) is 0. The highest BCUT2D eigenvalue weighted by atomic mass is 16.7. The third kappa shape index (κ3) is 2.52. The Morgan fingerprint density at radius 1 is 1.67 bits per heavy atom. The first-order valence-corrected chi connectivity index (χ1v) is 4.51. The minimum Gasteiger partial charge on any atom is -0.470 e. The van der Waals surface area contributed by atoms with Crippen LogP contribution in [-0.2, 0) is 9.47 Å². The fraction of sp³-hybridized carbons (Fsp3) is 0.800. The summed E-state index contributed by atoms with van der Waals surface area (Å²) < 4.78 is 10.9. The van der Waals surface area contributed by atoms with Gasteiger partial charge in [0.05, 0.1) is 5.76 Å². The van der Waals surface area contributed by atoms with Crippen molar-refractivity contribution in [2.24, 2.45) is 5.41 Å². The normalized spacial score (nSPS) is 27.7.